The number of alkyl halides is 1. The zero-order chi connectivity index (χ0) is 12.7. The molecule has 5 heteroatoms. The van der Waals surface area contributed by atoms with E-state index in [4.69, 9.17) is 0 Å². The van der Waals surface area contributed by atoms with Gasteiger partial charge in [0, 0.05) is 17.3 Å². The van der Waals surface area contributed by atoms with E-state index in [0.717, 1.165) is 34.1 Å². The molecule has 0 saturated carbocycles. The molecule has 1 heterocycles. The Bertz CT molecular complexity index is 348. The van der Waals surface area contributed by atoms with E-state index in [9.17, 15) is 4.79 Å². The first-order chi connectivity index (χ1) is 8.17. The van der Waals surface area contributed by atoms with Gasteiger partial charge in [-0.25, -0.2) is 0 Å². The first-order valence-electron chi connectivity index (χ1n) is 5.75. The molecule has 1 unspecified atom stereocenters. The molecule has 96 valence electrons. The lowest BCUT2D eigenvalue weighted by atomic mass is 10.0. The topological polar surface area (TPSA) is 29.1 Å². The van der Waals surface area contributed by atoms with Crippen LogP contribution in [0.1, 0.15) is 36.5 Å². The number of rotatable bonds is 7. The molecule has 0 bridgehead atoms. The van der Waals surface area contributed by atoms with Crippen molar-refractivity contribution in [2.45, 2.75) is 26.2 Å². The molecule has 1 rings (SSSR count). The molecule has 0 spiro atoms. The molecule has 0 aliphatic carbocycles. The lowest BCUT2D eigenvalue weighted by Crippen LogP contribution is -2.29. The predicted molar refractivity (Wildman–Crippen MR) is 81.2 cm³/mol. The summed E-state index contributed by atoms with van der Waals surface area (Å²) in [5, 5.41) is 5.88. The van der Waals surface area contributed by atoms with Crippen molar-refractivity contribution in [3.8, 4) is 0 Å². The molecule has 1 N–H and O–H groups in total. The van der Waals surface area contributed by atoms with Crippen LogP contribution in [0.4, 0.5) is 0 Å². The zero-order valence-electron chi connectivity index (χ0n) is 9.84. The number of carbonyl (C=O) groups excluding carboxylic acids is 1. The van der Waals surface area contributed by atoms with E-state index in [-0.39, 0.29) is 5.91 Å². The smallest absolute Gasteiger partial charge is 0.252 e. The summed E-state index contributed by atoms with van der Waals surface area (Å²) < 4.78 is 0.994. The highest BCUT2D eigenvalue weighted by atomic mass is 79.9. The number of nitrogens with one attached hydrogen (secondary N) is 1. The average molecular weight is 383 g/mol. The van der Waals surface area contributed by atoms with E-state index in [1.54, 1.807) is 0 Å². The Balaban J connectivity index is 2.40. The molecule has 17 heavy (non-hydrogen) atoms. The Kier molecular flexibility index (Phi) is 7.39. The molecular formula is C12H17Br2NOS. The van der Waals surface area contributed by atoms with Gasteiger partial charge < -0.3 is 5.32 Å². The van der Waals surface area contributed by atoms with Crippen molar-refractivity contribution in [1.82, 2.24) is 5.32 Å². The van der Waals surface area contributed by atoms with Crippen LogP contribution in [0.2, 0.25) is 0 Å². The maximum atomic E-state index is 11.8. The molecule has 0 radical (unpaired) electrons. The zero-order valence-corrected chi connectivity index (χ0v) is 13.8. The third kappa shape index (κ3) is 5.53. The largest absolute Gasteiger partial charge is 0.352 e. The fraction of sp³-hybridized carbons (Fsp3) is 0.583. The van der Waals surface area contributed by atoms with Crippen molar-refractivity contribution in [3.05, 3.63) is 20.8 Å². The van der Waals surface area contributed by atoms with E-state index in [2.05, 4.69) is 44.1 Å². The second-order valence-corrected chi connectivity index (χ2v) is 7.07. The Hall–Kier alpha value is 0.130. The summed E-state index contributed by atoms with van der Waals surface area (Å²) in [6.45, 7) is 2.95. The summed E-state index contributed by atoms with van der Waals surface area (Å²) >= 11 is 8.36. The highest BCUT2D eigenvalue weighted by Crippen LogP contribution is 2.20. The minimum Gasteiger partial charge on any atom is -0.352 e. The number of thiophene rings is 1. The molecule has 0 aliphatic heterocycles. The summed E-state index contributed by atoms with van der Waals surface area (Å²) in [6.07, 6.45) is 3.44. The van der Waals surface area contributed by atoms with Crippen molar-refractivity contribution in [2.75, 3.05) is 11.9 Å². The van der Waals surface area contributed by atoms with Gasteiger partial charge in [0.15, 0.2) is 0 Å². The molecule has 0 aromatic carbocycles. The van der Waals surface area contributed by atoms with E-state index < -0.39 is 0 Å². The minimum atomic E-state index is 0.0302. The maximum Gasteiger partial charge on any atom is 0.252 e. The summed E-state index contributed by atoms with van der Waals surface area (Å²) in [4.78, 5) is 11.8. The summed E-state index contributed by atoms with van der Waals surface area (Å²) in [5.41, 5.74) is 0.746. The van der Waals surface area contributed by atoms with Crippen LogP contribution in [0, 0.1) is 5.92 Å². The second-order valence-electron chi connectivity index (χ2n) is 3.98. The minimum absolute atomic E-state index is 0.0302. The van der Waals surface area contributed by atoms with E-state index >= 15 is 0 Å². The highest BCUT2D eigenvalue weighted by molar-refractivity contribution is 9.11. The van der Waals surface area contributed by atoms with Crippen molar-refractivity contribution < 1.29 is 4.79 Å². The molecule has 0 saturated heterocycles. The molecule has 1 aromatic heterocycles. The van der Waals surface area contributed by atoms with Crippen LogP contribution in [-0.2, 0) is 0 Å². The Morgan fingerprint density at radius 2 is 2.29 bits per heavy atom. The lowest BCUT2D eigenvalue weighted by molar-refractivity contribution is 0.0946. The number of hydrogen-bond donors (Lipinski definition) is 1. The first-order valence-corrected chi connectivity index (χ1v) is 8.55. The Labute approximate surface area is 123 Å². The van der Waals surface area contributed by atoms with E-state index in [0.29, 0.717) is 5.92 Å². The van der Waals surface area contributed by atoms with Crippen LogP contribution in [0.15, 0.2) is 15.2 Å². The van der Waals surface area contributed by atoms with Gasteiger partial charge in [0.05, 0.1) is 9.35 Å². The van der Waals surface area contributed by atoms with Crippen molar-refractivity contribution in [1.29, 1.82) is 0 Å². The second kappa shape index (κ2) is 8.27. The van der Waals surface area contributed by atoms with Gasteiger partial charge in [0.25, 0.3) is 5.91 Å². The van der Waals surface area contributed by atoms with E-state index in [1.165, 1.54) is 17.8 Å². The molecule has 0 aliphatic rings. The molecule has 2 nitrogen and oxygen atoms in total. The quantitative estimate of drug-likeness (QED) is 0.693. The fourth-order valence-electron chi connectivity index (χ4n) is 1.68. The SMILES string of the molecule is CCCC(CCBr)CNC(=O)c1csc(Br)c1. The van der Waals surface area contributed by atoms with Crippen molar-refractivity contribution >= 4 is 49.1 Å². The molecule has 1 atom stereocenters. The lowest BCUT2D eigenvalue weighted by Gasteiger charge is -2.15. The molecule has 0 fully saturated rings. The average Bonchev–Trinajstić information content (AvgIpc) is 2.73. The third-order valence-electron chi connectivity index (χ3n) is 2.60. The van der Waals surface area contributed by atoms with Gasteiger partial charge in [-0.3, -0.25) is 4.79 Å². The van der Waals surface area contributed by atoms with Gasteiger partial charge in [0.1, 0.15) is 0 Å². The number of hydrogen-bond acceptors (Lipinski definition) is 2. The van der Waals surface area contributed by atoms with Gasteiger partial charge >= 0.3 is 0 Å². The summed E-state index contributed by atoms with van der Waals surface area (Å²) in [7, 11) is 0. The van der Waals surface area contributed by atoms with Crippen LogP contribution < -0.4 is 5.32 Å². The number of halogens is 2. The summed E-state index contributed by atoms with van der Waals surface area (Å²) in [5.74, 6) is 0.605. The van der Waals surface area contributed by atoms with Crippen LogP contribution in [0.3, 0.4) is 0 Å². The van der Waals surface area contributed by atoms with Gasteiger partial charge in [-0.2, -0.15) is 0 Å². The Morgan fingerprint density at radius 3 is 2.82 bits per heavy atom. The van der Waals surface area contributed by atoms with Gasteiger partial charge in [-0.15, -0.1) is 11.3 Å². The van der Waals surface area contributed by atoms with E-state index in [1.807, 2.05) is 11.4 Å². The van der Waals surface area contributed by atoms with Crippen molar-refractivity contribution in [3.63, 3.8) is 0 Å². The molecule has 1 amide bonds. The molecular weight excluding hydrogens is 366 g/mol. The number of amides is 1. The third-order valence-corrected chi connectivity index (χ3v) is 4.56. The standard InChI is InChI=1S/C12H17Br2NOS/c1-2-3-9(4-5-13)7-15-12(16)10-6-11(14)17-8-10/h6,8-9H,2-5,7H2,1H3,(H,15,16). The van der Waals surface area contributed by atoms with Crippen LogP contribution in [-0.4, -0.2) is 17.8 Å². The number of carbonyl (C=O) groups is 1. The first kappa shape index (κ1) is 15.2. The van der Waals surface area contributed by atoms with Gasteiger partial charge in [-0.1, -0.05) is 29.3 Å². The van der Waals surface area contributed by atoms with Crippen LogP contribution in [0.5, 0.6) is 0 Å². The normalized spacial score (nSPS) is 12.4. The monoisotopic (exact) mass is 381 g/mol. The molecule has 1 aromatic rings. The Morgan fingerprint density at radius 1 is 1.53 bits per heavy atom. The summed E-state index contributed by atoms with van der Waals surface area (Å²) in [6, 6.07) is 1.86. The van der Waals surface area contributed by atoms with Crippen molar-refractivity contribution in [2.24, 2.45) is 5.92 Å². The predicted octanol–water partition coefficient (Wildman–Crippen LogP) is 4.44. The van der Waals surface area contributed by atoms with Gasteiger partial charge in [0.2, 0.25) is 0 Å². The van der Waals surface area contributed by atoms with Crippen LogP contribution >= 0.6 is 43.2 Å². The highest BCUT2D eigenvalue weighted by Gasteiger charge is 2.11. The fourth-order valence-corrected chi connectivity index (χ4v) is 3.46. The maximum absolute atomic E-state index is 11.8. The van der Waals surface area contributed by atoms with Crippen LogP contribution in [0.25, 0.3) is 0 Å². The van der Waals surface area contributed by atoms with Gasteiger partial charge in [-0.05, 0) is 40.8 Å².